The number of rotatable bonds is 4. The number of hydrogen-bond donors (Lipinski definition) is 2. The van der Waals surface area contributed by atoms with Gasteiger partial charge in [0, 0.05) is 28.6 Å². The van der Waals surface area contributed by atoms with E-state index in [4.69, 9.17) is 17.3 Å². The predicted molar refractivity (Wildman–Crippen MR) is 77.1 cm³/mol. The van der Waals surface area contributed by atoms with Crippen molar-refractivity contribution >= 4 is 23.2 Å². The van der Waals surface area contributed by atoms with Crippen molar-refractivity contribution < 1.29 is 4.79 Å². The number of benzene rings is 1. The molecule has 1 unspecified atom stereocenters. The van der Waals surface area contributed by atoms with Crippen LogP contribution in [0, 0.1) is 0 Å². The summed E-state index contributed by atoms with van der Waals surface area (Å²) < 4.78 is 1.84. The molecule has 0 aliphatic rings. The number of halogens is 1. The van der Waals surface area contributed by atoms with Crippen LogP contribution < -0.4 is 11.1 Å². The number of carbonyl (C=O) groups excluding carboxylic acids is 1. The van der Waals surface area contributed by atoms with Crippen LogP contribution in [0.1, 0.15) is 18.7 Å². The topological polar surface area (TPSA) is 60.0 Å². The minimum Gasteiger partial charge on any atom is -0.341 e. The Hall–Kier alpha value is -1.78. The Bertz CT molecular complexity index is 560. The van der Waals surface area contributed by atoms with E-state index in [1.54, 1.807) is 24.3 Å². The average molecular weight is 278 g/mol. The highest BCUT2D eigenvalue weighted by Gasteiger charge is 2.09. The number of aromatic nitrogens is 1. The quantitative estimate of drug-likeness (QED) is 0.903. The van der Waals surface area contributed by atoms with Gasteiger partial charge in [-0.25, -0.2) is 0 Å². The van der Waals surface area contributed by atoms with Gasteiger partial charge in [0.1, 0.15) is 6.54 Å². The van der Waals surface area contributed by atoms with Gasteiger partial charge in [-0.05, 0) is 43.3 Å². The standard InChI is InChI=1S/C14H16ClN3O/c1-10(16)13-3-2-8-18(13)9-14(19)17-12-6-4-11(15)5-7-12/h2-8,10H,9,16H2,1H3,(H,17,19). The van der Waals surface area contributed by atoms with Crippen molar-refractivity contribution in [1.82, 2.24) is 4.57 Å². The number of nitrogens with two attached hydrogens (primary N) is 1. The van der Waals surface area contributed by atoms with Crippen molar-refractivity contribution in [3.05, 3.63) is 53.3 Å². The largest absolute Gasteiger partial charge is 0.341 e. The first-order valence-corrected chi connectivity index (χ1v) is 6.40. The second-order valence-corrected chi connectivity index (χ2v) is 4.84. The van der Waals surface area contributed by atoms with E-state index in [2.05, 4.69) is 5.32 Å². The van der Waals surface area contributed by atoms with Crippen molar-refractivity contribution in [3.63, 3.8) is 0 Å². The van der Waals surface area contributed by atoms with Gasteiger partial charge in [-0.1, -0.05) is 11.6 Å². The number of anilines is 1. The van der Waals surface area contributed by atoms with E-state index in [0.29, 0.717) is 5.02 Å². The molecule has 1 aromatic carbocycles. The molecule has 0 saturated carbocycles. The summed E-state index contributed by atoms with van der Waals surface area (Å²) in [7, 11) is 0. The molecule has 0 aliphatic heterocycles. The molecule has 3 N–H and O–H groups in total. The fraction of sp³-hybridized carbons (Fsp3) is 0.214. The van der Waals surface area contributed by atoms with Gasteiger partial charge in [0.15, 0.2) is 0 Å². The van der Waals surface area contributed by atoms with E-state index in [1.807, 2.05) is 29.8 Å². The van der Waals surface area contributed by atoms with Crippen LogP contribution in [0.25, 0.3) is 0 Å². The lowest BCUT2D eigenvalue weighted by molar-refractivity contribution is -0.116. The fourth-order valence-corrected chi connectivity index (χ4v) is 2.00. The summed E-state index contributed by atoms with van der Waals surface area (Å²) in [6.45, 7) is 2.13. The van der Waals surface area contributed by atoms with Crippen molar-refractivity contribution in [2.24, 2.45) is 5.73 Å². The lowest BCUT2D eigenvalue weighted by Gasteiger charge is -2.12. The molecular weight excluding hydrogens is 262 g/mol. The van der Waals surface area contributed by atoms with Crippen LogP contribution in [0.15, 0.2) is 42.6 Å². The fourth-order valence-electron chi connectivity index (χ4n) is 1.87. The molecule has 0 saturated heterocycles. The molecule has 0 bridgehead atoms. The first kappa shape index (κ1) is 13.6. The third-order valence-electron chi connectivity index (χ3n) is 2.77. The van der Waals surface area contributed by atoms with E-state index in [-0.39, 0.29) is 18.5 Å². The van der Waals surface area contributed by atoms with Crippen LogP contribution in [0.3, 0.4) is 0 Å². The zero-order chi connectivity index (χ0) is 13.8. The highest BCUT2D eigenvalue weighted by molar-refractivity contribution is 6.30. The summed E-state index contributed by atoms with van der Waals surface area (Å²) in [6, 6.07) is 10.7. The molecule has 5 heteroatoms. The highest BCUT2D eigenvalue weighted by Crippen LogP contribution is 2.14. The molecule has 2 rings (SSSR count). The van der Waals surface area contributed by atoms with Gasteiger partial charge in [-0.2, -0.15) is 0 Å². The van der Waals surface area contributed by atoms with E-state index in [0.717, 1.165) is 11.4 Å². The first-order chi connectivity index (χ1) is 9.06. The molecular formula is C14H16ClN3O. The summed E-state index contributed by atoms with van der Waals surface area (Å²) >= 11 is 5.79. The van der Waals surface area contributed by atoms with Gasteiger partial charge in [0.25, 0.3) is 0 Å². The van der Waals surface area contributed by atoms with Gasteiger partial charge >= 0.3 is 0 Å². The van der Waals surface area contributed by atoms with Crippen LogP contribution in [0.2, 0.25) is 5.02 Å². The Morgan fingerprint density at radius 2 is 2.05 bits per heavy atom. The molecule has 2 aromatic rings. The van der Waals surface area contributed by atoms with E-state index in [9.17, 15) is 4.79 Å². The molecule has 1 amide bonds. The Labute approximate surface area is 117 Å². The summed E-state index contributed by atoms with van der Waals surface area (Å²) in [5.41, 5.74) is 7.50. The summed E-state index contributed by atoms with van der Waals surface area (Å²) in [6.07, 6.45) is 1.85. The van der Waals surface area contributed by atoms with Crippen LogP contribution in [0.5, 0.6) is 0 Å². The minimum absolute atomic E-state index is 0.0968. The van der Waals surface area contributed by atoms with Gasteiger partial charge in [0.05, 0.1) is 0 Å². The molecule has 4 nitrogen and oxygen atoms in total. The van der Waals surface area contributed by atoms with Crippen LogP contribution >= 0.6 is 11.6 Å². The molecule has 19 heavy (non-hydrogen) atoms. The lowest BCUT2D eigenvalue weighted by atomic mass is 10.2. The third-order valence-corrected chi connectivity index (χ3v) is 3.03. The zero-order valence-corrected chi connectivity index (χ0v) is 11.4. The van der Waals surface area contributed by atoms with Crippen molar-refractivity contribution in [2.45, 2.75) is 19.5 Å². The molecule has 0 aliphatic carbocycles. The molecule has 1 atom stereocenters. The third kappa shape index (κ3) is 3.59. The van der Waals surface area contributed by atoms with Crippen molar-refractivity contribution in [3.8, 4) is 0 Å². The average Bonchev–Trinajstić information content (AvgIpc) is 2.80. The molecule has 1 heterocycles. The monoisotopic (exact) mass is 277 g/mol. The number of nitrogens with zero attached hydrogens (tertiary/aromatic N) is 1. The Morgan fingerprint density at radius 1 is 1.37 bits per heavy atom. The predicted octanol–water partition coefficient (Wildman–Crippen LogP) is 2.80. The highest BCUT2D eigenvalue weighted by atomic mass is 35.5. The Balaban J connectivity index is 2.01. The molecule has 0 spiro atoms. The number of hydrogen-bond acceptors (Lipinski definition) is 2. The lowest BCUT2D eigenvalue weighted by Crippen LogP contribution is -2.21. The van der Waals surface area contributed by atoms with Gasteiger partial charge in [-0.15, -0.1) is 0 Å². The molecule has 0 radical (unpaired) electrons. The maximum Gasteiger partial charge on any atom is 0.244 e. The second-order valence-electron chi connectivity index (χ2n) is 4.40. The summed E-state index contributed by atoms with van der Waals surface area (Å²) in [5, 5.41) is 3.46. The molecule has 100 valence electrons. The Kier molecular flexibility index (Phi) is 4.24. The molecule has 0 fully saturated rings. The zero-order valence-electron chi connectivity index (χ0n) is 10.6. The van der Waals surface area contributed by atoms with Gasteiger partial charge in [-0.3, -0.25) is 4.79 Å². The van der Waals surface area contributed by atoms with Crippen LogP contribution in [-0.4, -0.2) is 10.5 Å². The van der Waals surface area contributed by atoms with Gasteiger partial charge < -0.3 is 15.6 Å². The maximum absolute atomic E-state index is 11.9. The first-order valence-electron chi connectivity index (χ1n) is 6.02. The summed E-state index contributed by atoms with van der Waals surface area (Å²) in [5.74, 6) is -0.0968. The van der Waals surface area contributed by atoms with Gasteiger partial charge in [0.2, 0.25) is 5.91 Å². The van der Waals surface area contributed by atoms with E-state index >= 15 is 0 Å². The van der Waals surface area contributed by atoms with Crippen LogP contribution in [0.4, 0.5) is 5.69 Å². The smallest absolute Gasteiger partial charge is 0.244 e. The number of nitrogens with one attached hydrogen (secondary N) is 1. The maximum atomic E-state index is 11.9. The normalized spacial score (nSPS) is 12.2. The number of amides is 1. The van der Waals surface area contributed by atoms with Crippen molar-refractivity contribution in [2.75, 3.05) is 5.32 Å². The van der Waals surface area contributed by atoms with E-state index in [1.165, 1.54) is 0 Å². The SMILES string of the molecule is CC(N)c1cccn1CC(=O)Nc1ccc(Cl)cc1. The van der Waals surface area contributed by atoms with Crippen molar-refractivity contribution in [1.29, 1.82) is 0 Å². The summed E-state index contributed by atoms with van der Waals surface area (Å²) in [4.78, 5) is 11.9. The second kappa shape index (κ2) is 5.91. The Morgan fingerprint density at radius 3 is 2.68 bits per heavy atom. The number of carbonyl (C=O) groups is 1. The molecule has 1 aromatic heterocycles. The minimum atomic E-state index is -0.0988. The van der Waals surface area contributed by atoms with E-state index < -0.39 is 0 Å². The van der Waals surface area contributed by atoms with Crippen LogP contribution in [-0.2, 0) is 11.3 Å².